The molecule has 5 heteroatoms. The molecule has 0 spiro atoms. The number of nitrogens with zero attached hydrogens (tertiary/aromatic N) is 2. The van der Waals surface area contributed by atoms with E-state index in [1.807, 2.05) is 66.7 Å². The van der Waals surface area contributed by atoms with Gasteiger partial charge in [-0.2, -0.15) is 0 Å². The summed E-state index contributed by atoms with van der Waals surface area (Å²) in [6.07, 6.45) is 1.29. The van der Waals surface area contributed by atoms with Gasteiger partial charge in [0.25, 0.3) is 0 Å². The monoisotopic (exact) mass is 498 g/mol. The largest absolute Gasteiger partial charge is 0.378 e. The van der Waals surface area contributed by atoms with Gasteiger partial charge in [0.05, 0.1) is 18.8 Å². The van der Waals surface area contributed by atoms with E-state index >= 15 is 0 Å². The van der Waals surface area contributed by atoms with Gasteiger partial charge in [-0.25, -0.2) is 0 Å². The Morgan fingerprint density at radius 2 is 1.35 bits per heavy atom. The number of rotatable bonds is 11. The molecule has 4 rings (SSSR count). The molecule has 37 heavy (non-hydrogen) atoms. The summed E-state index contributed by atoms with van der Waals surface area (Å²) in [5, 5.41) is 0. The minimum absolute atomic E-state index is 0.00841. The van der Waals surface area contributed by atoms with Crippen molar-refractivity contribution in [1.29, 1.82) is 0 Å². The maximum absolute atomic E-state index is 14.2. The lowest BCUT2D eigenvalue weighted by Gasteiger charge is -2.42. The highest BCUT2D eigenvalue weighted by Gasteiger charge is 2.41. The highest BCUT2D eigenvalue weighted by atomic mass is 16.5. The zero-order chi connectivity index (χ0) is 26.3. The van der Waals surface area contributed by atoms with Crippen LogP contribution in [0.3, 0.4) is 0 Å². The molecule has 1 fully saturated rings. The van der Waals surface area contributed by atoms with Gasteiger partial charge in [-0.15, -0.1) is 0 Å². The van der Waals surface area contributed by atoms with E-state index < -0.39 is 5.54 Å². The second-order valence-corrected chi connectivity index (χ2v) is 9.60. The lowest BCUT2D eigenvalue weighted by atomic mass is 9.79. The average molecular weight is 499 g/mol. The van der Waals surface area contributed by atoms with Crippen LogP contribution in [0.15, 0.2) is 78.9 Å². The van der Waals surface area contributed by atoms with Gasteiger partial charge >= 0.3 is 0 Å². The van der Waals surface area contributed by atoms with Gasteiger partial charge in [-0.05, 0) is 55.8 Å². The van der Waals surface area contributed by atoms with Crippen molar-refractivity contribution in [3.63, 3.8) is 0 Å². The smallest absolute Gasteiger partial charge is 0.193 e. The molecule has 1 heterocycles. The molecule has 0 N–H and O–H groups in total. The van der Waals surface area contributed by atoms with E-state index in [1.165, 1.54) is 0 Å². The van der Waals surface area contributed by atoms with E-state index in [9.17, 15) is 9.59 Å². The summed E-state index contributed by atoms with van der Waals surface area (Å²) in [7, 11) is 0. The predicted octanol–water partition coefficient (Wildman–Crippen LogP) is 5.67. The third-order valence-electron chi connectivity index (χ3n) is 7.63. The van der Waals surface area contributed by atoms with Crippen molar-refractivity contribution in [2.24, 2.45) is 0 Å². The number of carbonyl (C=O) groups is 2. The van der Waals surface area contributed by atoms with Gasteiger partial charge in [0.15, 0.2) is 11.6 Å². The van der Waals surface area contributed by atoms with E-state index in [1.54, 1.807) is 0 Å². The summed E-state index contributed by atoms with van der Waals surface area (Å²) >= 11 is 0. The molecule has 1 aliphatic rings. The summed E-state index contributed by atoms with van der Waals surface area (Å²) in [5.74, 6) is 0.158. The minimum atomic E-state index is -0.658. The number of hydrogen-bond donors (Lipinski definition) is 0. The van der Waals surface area contributed by atoms with E-state index in [0.717, 1.165) is 56.2 Å². The topological polar surface area (TPSA) is 49.9 Å². The molecule has 0 radical (unpaired) electrons. The number of ether oxygens (including phenoxy) is 1. The Bertz CT molecular complexity index is 1160. The first-order valence-corrected chi connectivity index (χ1v) is 13.4. The van der Waals surface area contributed by atoms with E-state index in [-0.39, 0.29) is 11.6 Å². The molecule has 3 aromatic carbocycles. The van der Waals surface area contributed by atoms with Gasteiger partial charge < -0.3 is 9.64 Å². The Morgan fingerprint density at radius 3 is 1.92 bits per heavy atom. The molecule has 5 nitrogen and oxygen atoms in total. The molecule has 0 saturated carbocycles. The van der Waals surface area contributed by atoms with E-state index in [2.05, 4.69) is 42.7 Å². The summed E-state index contributed by atoms with van der Waals surface area (Å²) < 4.78 is 5.47. The summed E-state index contributed by atoms with van der Waals surface area (Å²) in [5.41, 5.74) is 3.60. The van der Waals surface area contributed by atoms with Crippen LogP contribution in [0.2, 0.25) is 0 Å². The van der Waals surface area contributed by atoms with E-state index in [0.29, 0.717) is 24.0 Å². The third kappa shape index (κ3) is 5.84. The first kappa shape index (κ1) is 26.8. The van der Waals surface area contributed by atoms with E-state index in [4.69, 9.17) is 4.74 Å². The number of hydrogen-bond acceptors (Lipinski definition) is 5. The van der Waals surface area contributed by atoms with Crippen LogP contribution in [-0.2, 0) is 11.2 Å². The van der Waals surface area contributed by atoms with Gasteiger partial charge in [-0.1, -0.05) is 75.4 Å². The second-order valence-electron chi connectivity index (χ2n) is 9.60. The second kappa shape index (κ2) is 12.3. The van der Waals surface area contributed by atoms with Crippen molar-refractivity contribution in [3.05, 3.63) is 101 Å². The highest BCUT2D eigenvalue weighted by Crippen LogP contribution is 2.31. The maximum atomic E-state index is 14.2. The Balaban J connectivity index is 1.59. The molecular weight excluding hydrogens is 460 g/mol. The maximum Gasteiger partial charge on any atom is 0.193 e. The number of benzene rings is 3. The standard InChI is InChI=1S/C32H38N2O3/c1-4-32(34(5-2)6-3,31(36)28-16-18-29(19-17-28)33-20-22-37-23-21-33)24-25-12-14-27(15-13-25)30(35)26-10-8-7-9-11-26/h7-19H,4-6,20-24H2,1-3H3. The van der Waals surface area contributed by atoms with Crippen LogP contribution >= 0.6 is 0 Å². The first-order chi connectivity index (χ1) is 18.0. The van der Waals surface area contributed by atoms with Crippen LogP contribution in [0.4, 0.5) is 5.69 Å². The van der Waals surface area contributed by atoms with Crippen molar-refractivity contribution < 1.29 is 14.3 Å². The van der Waals surface area contributed by atoms with Crippen molar-refractivity contribution in [3.8, 4) is 0 Å². The molecule has 1 saturated heterocycles. The number of ketones is 2. The van der Waals surface area contributed by atoms with Gasteiger partial charge in [0.1, 0.15) is 0 Å². The molecule has 0 aliphatic carbocycles. The zero-order valence-electron chi connectivity index (χ0n) is 22.3. The van der Waals surface area contributed by atoms with Gasteiger partial charge in [0, 0.05) is 35.5 Å². The van der Waals surface area contributed by atoms with Crippen LogP contribution in [0.25, 0.3) is 0 Å². The lowest BCUT2D eigenvalue weighted by Crippen LogP contribution is -2.55. The van der Waals surface area contributed by atoms with Crippen molar-refractivity contribution >= 4 is 17.3 Å². The molecule has 0 bridgehead atoms. The van der Waals surface area contributed by atoms with Gasteiger partial charge in [0.2, 0.25) is 0 Å². The number of anilines is 1. The molecule has 1 atom stereocenters. The fourth-order valence-electron chi connectivity index (χ4n) is 5.46. The first-order valence-electron chi connectivity index (χ1n) is 13.4. The summed E-state index contributed by atoms with van der Waals surface area (Å²) in [4.78, 5) is 31.6. The molecule has 0 amide bonds. The Morgan fingerprint density at radius 1 is 0.784 bits per heavy atom. The SMILES string of the molecule is CCN(CC)C(CC)(Cc1ccc(C(=O)c2ccccc2)cc1)C(=O)c1ccc(N2CCOCC2)cc1. The van der Waals surface area contributed by atoms with Crippen LogP contribution in [-0.4, -0.2) is 61.4 Å². The molecule has 1 unspecified atom stereocenters. The molecule has 0 aromatic heterocycles. The van der Waals surface area contributed by atoms with Gasteiger partial charge in [-0.3, -0.25) is 14.5 Å². The third-order valence-corrected chi connectivity index (χ3v) is 7.63. The van der Waals surface area contributed by atoms with Crippen LogP contribution in [0, 0.1) is 0 Å². The number of likely N-dealkylation sites (N-methyl/N-ethyl adjacent to an activating group) is 1. The van der Waals surface area contributed by atoms with Crippen LogP contribution < -0.4 is 4.90 Å². The molecule has 194 valence electrons. The fraction of sp³-hybridized carbons (Fsp3) is 0.375. The molecular formula is C32H38N2O3. The Labute approximate surface area is 221 Å². The quantitative estimate of drug-likeness (QED) is 0.319. The summed E-state index contributed by atoms with van der Waals surface area (Å²) in [6, 6.07) is 25.2. The van der Waals surface area contributed by atoms with Crippen LogP contribution in [0.5, 0.6) is 0 Å². The predicted molar refractivity (Wildman–Crippen MR) is 150 cm³/mol. The number of morpholine rings is 1. The van der Waals surface area contributed by atoms with Crippen molar-refractivity contribution in [2.75, 3.05) is 44.3 Å². The minimum Gasteiger partial charge on any atom is -0.378 e. The van der Waals surface area contributed by atoms with Crippen molar-refractivity contribution in [2.45, 2.75) is 39.2 Å². The normalized spacial score (nSPS) is 15.4. The van der Waals surface area contributed by atoms with Crippen LogP contribution in [0.1, 0.15) is 59.0 Å². The number of carbonyl (C=O) groups excluding carboxylic acids is 2. The molecule has 1 aliphatic heterocycles. The zero-order valence-corrected chi connectivity index (χ0v) is 22.3. The Hall–Kier alpha value is -3.28. The number of Topliss-reactive ketones (excluding diaryl/α,β-unsaturated/α-hetero) is 1. The fourth-order valence-corrected chi connectivity index (χ4v) is 5.46. The highest BCUT2D eigenvalue weighted by molar-refractivity contribution is 6.09. The molecule has 3 aromatic rings. The Kier molecular flexibility index (Phi) is 8.91. The van der Waals surface area contributed by atoms with Crippen molar-refractivity contribution in [1.82, 2.24) is 4.90 Å². The lowest BCUT2D eigenvalue weighted by molar-refractivity contribution is 0.0548. The average Bonchev–Trinajstić information content (AvgIpc) is 2.97. The summed E-state index contributed by atoms with van der Waals surface area (Å²) in [6.45, 7) is 11.1.